The summed E-state index contributed by atoms with van der Waals surface area (Å²) in [4.78, 5) is 57.2. The summed E-state index contributed by atoms with van der Waals surface area (Å²) in [5.74, 6) is -0.133. The van der Waals surface area contributed by atoms with Gasteiger partial charge in [0.15, 0.2) is 0 Å². The first-order valence-electron chi connectivity index (χ1n) is 18.5. The Morgan fingerprint density at radius 2 is 1.78 bits per heavy atom. The Morgan fingerprint density at radius 3 is 2.49 bits per heavy atom. The van der Waals surface area contributed by atoms with Crippen LogP contribution in [0.25, 0.3) is 0 Å². The molecule has 1 aliphatic carbocycles. The van der Waals surface area contributed by atoms with Crippen LogP contribution in [0.3, 0.4) is 0 Å². The number of aryl methyl sites for hydroxylation is 1. The lowest BCUT2D eigenvalue weighted by atomic mass is 9.70. The van der Waals surface area contributed by atoms with Gasteiger partial charge in [-0.3, -0.25) is 24.5 Å². The zero-order valence-electron chi connectivity index (χ0n) is 30.0. The molecule has 5 heterocycles. The second-order valence-corrected chi connectivity index (χ2v) is 16.2. The highest BCUT2D eigenvalue weighted by Gasteiger charge is 2.43. The Bertz CT molecular complexity index is 1800. The molecular formula is C39H50ClN7O4. The molecule has 51 heavy (non-hydrogen) atoms. The minimum Gasteiger partial charge on any atom is -0.378 e. The van der Waals surface area contributed by atoms with Crippen LogP contribution in [0.2, 0.25) is 5.02 Å². The van der Waals surface area contributed by atoms with Crippen molar-refractivity contribution in [2.45, 2.75) is 70.3 Å². The van der Waals surface area contributed by atoms with E-state index in [9.17, 15) is 19.2 Å². The molecule has 0 saturated carbocycles. The predicted molar refractivity (Wildman–Crippen MR) is 199 cm³/mol. The summed E-state index contributed by atoms with van der Waals surface area (Å²) in [5.41, 5.74) is 3.34. The normalized spacial score (nSPS) is 28.4. The third-order valence-corrected chi connectivity index (χ3v) is 12.6. The van der Waals surface area contributed by atoms with E-state index in [1.165, 1.54) is 10.3 Å². The summed E-state index contributed by atoms with van der Waals surface area (Å²) >= 11 is 6.34. The number of nitrogens with zero attached hydrogens (tertiary/aromatic N) is 5. The van der Waals surface area contributed by atoms with E-state index in [1.807, 2.05) is 12.1 Å². The minimum atomic E-state index is -0.549. The highest BCUT2D eigenvalue weighted by molar-refractivity contribution is 6.32. The van der Waals surface area contributed by atoms with Crippen molar-refractivity contribution in [3.05, 3.63) is 75.2 Å². The lowest BCUT2D eigenvalue weighted by molar-refractivity contribution is -0.141. The van der Waals surface area contributed by atoms with Crippen LogP contribution in [0, 0.1) is 16.7 Å². The first-order chi connectivity index (χ1) is 24.4. The van der Waals surface area contributed by atoms with E-state index in [0.29, 0.717) is 30.9 Å². The molecule has 1 aromatic carbocycles. The van der Waals surface area contributed by atoms with Gasteiger partial charge in [-0.15, -0.1) is 0 Å². The third kappa shape index (κ3) is 7.37. The molecule has 2 N–H and O–H groups in total. The van der Waals surface area contributed by atoms with E-state index in [0.717, 1.165) is 82.6 Å². The first-order valence-corrected chi connectivity index (χ1v) is 18.8. The number of amides is 3. The molecule has 1 aromatic heterocycles. The van der Waals surface area contributed by atoms with Gasteiger partial charge in [0.25, 0.3) is 5.56 Å². The van der Waals surface area contributed by atoms with Gasteiger partial charge in [-0.25, -0.2) is 4.68 Å². The number of hydrogen-bond donors (Lipinski definition) is 2. The van der Waals surface area contributed by atoms with Crippen LogP contribution in [0.5, 0.6) is 0 Å². The number of aromatic nitrogens is 2. The molecule has 2 unspecified atom stereocenters. The lowest BCUT2D eigenvalue weighted by Gasteiger charge is -2.48. The molecule has 0 radical (unpaired) electrons. The van der Waals surface area contributed by atoms with Gasteiger partial charge in [0.1, 0.15) is 5.02 Å². The Balaban J connectivity index is 0.911. The number of likely N-dealkylation sites (N-methyl/N-ethyl adjacent to an activating group) is 1. The summed E-state index contributed by atoms with van der Waals surface area (Å²) < 4.78 is 1.24. The Kier molecular flexibility index (Phi) is 9.88. The smallest absolute Gasteiger partial charge is 0.287 e. The third-order valence-electron chi connectivity index (χ3n) is 12.2. The maximum Gasteiger partial charge on any atom is 0.287 e. The van der Waals surface area contributed by atoms with Gasteiger partial charge in [0.2, 0.25) is 17.7 Å². The summed E-state index contributed by atoms with van der Waals surface area (Å²) in [6.45, 7) is 7.35. The molecule has 7 rings (SSSR count). The fourth-order valence-corrected chi connectivity index (χ4v) is 9.16. The molecule has 5 aliphatic rings. The Labute approximate surface area is 305 Å². The maximum absolute atomic E-state index is 14.0. The maximum atomic E-state index is 14.0. The van der Waals surface area contributed by atoms with Gasteiger partial charge in [0, 0.05) is 64.5 Å². The highest BCUT2D eigenvalue weighted by Crippen LogP contribution is 2.44. The molecule has 0 bridgehead atoms. The van der Waals surface area contributed by atoms with Crippen LogP contribution >= 0.6 is 11.6 Å². The SMILES string of the molecule is CN1C[C@H](Nc2cnn(C)c(=O)c2Cl)C[C@H](C2=CCC(C)(C(=O)N3CCC4(CC3)CCN(c3cccc(C5CCC(=O)NC5=O)c3)CC4)C=C2)C1. The fraction of sp³-hybridized carbons (Fsp3) is 0.564. The monoisotopic (exact) mass is 715 g/mol. The second-order valence-electron chi connectivity index (χ2n) is 15.8. The van der Waals surface area contributed by atoms with E-state index < -0.39 is 5.41 Å². The van der Waals surface area contributed by atoms with E-state index in [2.05, 4.69) is 74.8 Å². The van der Waals surface area contributed by atoms with E-state index in [4.69, 9.17) is 11.6 Å². The number of nitrogens with one attached hydrogen (secondary N) is 2. The van der Waals surface area contributed by atoms with Crippen LogP contribution in [0.4, 0.5) is 11.4 Å². The van der Waals surface area contributed by atoms with Crippen LogP contribution in [0.15, 0.2) is 59.1 Å². The fourth-order valence-electron chi connectivity index (χ4n) is 8.94. The zero-order chi connectivity index (χ0) is 35.9. The van der Waals surface area contributed by atoms with Crippen molar-refractivity contribution in [3.63, 3.8) is 0 Å². The quantitative estimate of drug-likeness (QED) is 0.421. The van der Waals surface area contributed by atoms with Crippen molar-refractivity contribution >= 4 is 40.7 Å². The highest BCUT2D eigenvalue weighted by atomic mass is 35.5. The molecule has 272 valence electrons. The van der Waals surface area contributed by atoms with Crippen LogP contribution < -0.4 is 21.1 Å². The van der Waals surface area contributed by atoms with E-state index >= 15 is 0 Å². The molecule has 1 spiro atoms. The number of allylic oxidation sites excluding steroid dienone is 2. The predicted octanol–water partition coefficient (Wildman–Crippen LogP) is 4.49. The number of hydrogen-bond acceptors (Lipinski definition) is 8. The molecule has 4 aliphatic heterocycles. The van der Waals surface area contributed by atoms with Crippen molar-refractivity contribution in [1.29, 1.82) is 0 Å². The van der Waals surface area contributed by atoms with Gasteiger partial charge in [0.05, 0.1) is 23.2 Å². The van der Waals surface area contributed by atoms with Crippen molar-refractivity contribution < 1.29 is 14.4 Å². The number of anilines is 2. The van der Waals surface area contributed by atoms with Gasteiger partial charge < -0.3 is 20.0 Å². The molecule has 4 atom stereocenters. The molecule has 2 aromatic rings. The molecule has 12 heteroatoms. The Hall–Kier alpha value is -3.96. The second kappa shape index (κ2) is 14.2. The number of piperidine rings is 4. The number of imide groups is 1. The molecular weight excluding hydrogens is 666 g/mol. The van der Waals surface area contributed by atoms with Crippen molar-refractivity contribution in [3.8, 4) is 0 Å². The van der Waals surface area contributed by atoms with Crippen LogP contribution in [0.1, 0.15) is 69.8 Å². The first kappa shape index (κ1) is 35.4. The Morgan fingerprint density at radius 1 is 1.04 bits per heavy atom. The molecule has 11 nitrogen and oxygen atoms in total. The van der Waals surface area contributed by atoms with Gasteiger partial charge >= 0.3 is 0 Å². The van der Waals surface area contributed by atoms with Crippen LogP contribution in [-0.4, -0.2) is 89.7 Å². The van der Waals surface area contributed by atoms with Gasteiger partial charge in [-0.05, 0) is 93.5 Å². The minimum absolute atomic E-state index is 0.111. The zero-order valence-corrected chi connectivity index (χ0v) is 30.8. The summed E-state index contributed by atoms with van der Waals surface area (Å²) in [5, 5.41) is 10.2. The molecule has 4 saturated heterocycles. The van der Waals surface area contributed by atoms with E-state index in [-0.39, 0.29) is 45.7 Å². The number of benzene rings is 1. The standard InChI is InChI=1S/C39H50ClN7O4/c1-38(11-9-26(10-12-38)28-21-29(25-44(2)24-28)42-32-23-41-45(3)36(50)34(32)40)37(51)47-19-15-39(16-20-47)13-17-46(18-14-39)30-6-4-5-27(22-30)31-7-8-33(48)43-35(31)49/h4-6,9-11,22-23,28-29,31,42H,7-8,12-21,24-25H2,1-3H3,(H,43,48,49)/t28-,29+,31?,38?/m0/s1. The molecule has 4 fully saturated rings. The number of halogens is 1. The topological polar surface area (TPSA) is 120 Å². The van der Waals surface area contributed by atoms with Gasteiger partial charge in [-0.1, -0.05) is 42.0 Å². The van der Waals surface area contributed by atoms with E-state index in [1.54, 1.807) is 13.2 Å². The van der Waals surface area contributed by atoms with Crippen molar-refractivity contribution in [1.82, 2.24) is 24.9 Å². The average Bonchev–Trinajstić information content (AvgIpc) is 3.12. The number of carbonyl (C=O) groups excluding carboxylic acids is 3. The van der Waals surface area contributed by atoms with Crippen molar-refractivity contribution in [2.24, 2.45) is 23.8 Å². The summed E-state index contributed by atoms with van der Waals surface area (Å²) in [6, 6.07) is 8.38. The van der Waals surface area contributed by atoms with Crippen LogP contribution in [-0.2, 0) is 21.4 Å². The largest absolute Gasteiger partial charge is 0.378 e. The number of likely N-dealkylation sites (tertiary alicyclic amines) is 2. The van der Waals surface area contributed by atoms with Crippen molar-refractivity contribution in [2.75, 3.05) is 56.5 Å². The number of rotatable bonds is 6. The lowest BCUT2D eigenvalue weighted by Crippen LogP contribution is -2.51. The number of carbonyl (C=O) groups is 3. The average molecular weight is 716 g/mol. The summed E-state index contributed by atoms with van der Waals surface area (Å²) in [6.07, 6.45) is 15.0. The molecule has 3 amide bonds. The summed E-state index contributed by atoms with van der Waals surface area (Å²) in [7, 11) is 3.70. The van der Waals surface area contributed by atoms with Gasteiger partial charge in [-0.2, -0.15) is 5.10 Å².